The molecule has 4 heteroatoms. The summed E-state index contributed by atoms with van der Waals surface area (Å²) in [5.74, 6) is 1.58. The molecule has 0 N–H and O–H groups in total. The van der Waals surface area contributed by atoms with Gasteiger partial charge in [-0.05, 0) is 37.4 Å². The fraction of sp³-hybridized carbons (Fsp3) is 0.923. The molecule has 0 fully saturated rings. The summed E-state index contributed by atoms with van der Waals surface area (Å²) in [6.45, 7) is 6.40. The first-order valence-corrected chi connectivity index (χ1v) is 7.59. The zero-order valence-corrected chi connectivity index (χ0v) is 12.0. The quantitative estimate of drug-likeness (QED) is 0.443. The van der Waals surface area contributed by atoms with E-state index in [9.17, 15) is 9.18 Å². The van der Waals surface area contributed by atoms with Gasteiger partial charge in [-0.3, -0.25) is 4.79 Å². The maximum absolute atomic E-state index is 12.9. The van der Waals surface area contributed by atoms with Crippen LogP contribution in [-0.2, 0) is 9.53 Å². The van der Waals surface area contributed by atoms with E-state index >= 15 is 0 Å². The van der Waals surface area contributed by atoms with Gasteiger partial charge < -0.3 is 4.74 Å². The number of thioether (sulfide) groups is 1. The zero-order valence-electron chi connectivity index (χ0n) is 11.2. The molecule has 0 aromatic rings. The maximum atomic E-state index is 12.9. The molecule has 0 rings (SSSR count). The molecule has 1 atom stereocenters. The molecule has 1 unspecified atom stereocenters. The van der Waals surface area contributed by atoms with Gasteiger partial charge in [-0.2, -0.15) is 11.8 Å². The lowest BCUT2D eigenvalue weighted by atomic mass is 10.1. The second-order valence-electron chi connectivity index (χ2n) is 4.63. The molecule has 0 spiro atoms. The largest absolute Gasteiger partial charge is 0.465 e. The summed E-state index contributed by atoms with van der Waals surface area (Å²) in [6, 6.07) is 0. The lowest BCUT2D eigenvalue weighted by Crippen LogP contribution is -2.12. The van der Waals surface area contributed by atoms with Gasteiger partial charge in [0.15, 0.2) is 0 Å². The van der Waals surface area contributed by atoms with Crippen molar-refractivity contribution in [2.24, 2.45) is 5.92 Å². The number of esters is 1. The van der Waals surface area contributed by atoms with Crippen molar-refractivity contribution in [1.29, 1.82) is 0 Å². The molecule has 0 aliphatic heterocycles. The summed E-state index contributed by atoms with van der Waals surface area (Å²) in [5.41, 5.74) is 0. The molecule has 17 heavy (non-hydrogen) atoms. The van der Waals surface area contributed by atoms with E-state index < -0.39 is 6.17 Å². The Morgan fingerprint density at radius 2 is 2.06 bits per heavy atom. The van der Waals surface area contributed by atoms with E-state index in [2.05, 4.69) is 0 Å². The zero-order chi connectivity index (χ0) is 13.1. The molecule has 0 aliphatic carbocycles. The second kappa shape index (κ2) is 10.9. The van der Waals surface area contributed by atoms with Crippen LogP contribution >= 0.6 is 11.8 Å². The third-order valence-electron chi connectivity index (χ3n) is 2.30. The highest BCUT2D eigenvalue weighted by Gasteiger charge is 2.05. The topological polar surface area (TPSA) is 26.3 Å². The van der Waals surface area contributed by atoms with Crippen LogP contribution in [0.15, 0.2) is 0 Å². The fourth-order valence-corrected chi connectivity index (χ4v) is 2.03. The molecule has 2 nitrogen and oxygen atoms in total. The average Bonchev–Trinajstić information content (AvgIpc) is 2.30. The van der Waals surface area contributed by atoms with E-state index in [1.807, 2.05) is 20.8 Å². The van der Waals surface area contributed by atoms with E-state index in [1.165, 1.54) is 0 Å². The van der Waals surface area contributed by atoms with Gasteiger partial charge >= 0.3 is 5.97 Å². The normalized spacial score (nSPS) is 12.8. The third kappa shape index (κ3) is 12.0. The van der Waals surface area contributed by atoms with Gasteiger partial charge in [-0.15, -0.1) is 0 Å². The SMILES string of the molecule is CCC(F)CCCCSCC(=O)OCC(C)C. The summed E-state index contributed by atoms with van der Waals surface area (Å²) in [7, 11) is 0. The molecule has 0 amide bonds. The van der Waals surface area contributed by atoms with Crippen LogP contribution in [-0.4, -0.2) is 30.3 Å². The number of halogens is 1. The van der Waals surface area contributed by atoms with Crippen LogP contribution in [0.2, 0.25) is 0 Å². The number of carbonyl (C=O) groups excluding carboxylic acids is 1. The smallest absolute Gasteiger partial charge is 0.315 e. The molecule has 0 saturated heterocycles. The van der Waals surface area contributed by atoms with E-state index in [0.29, 0.717) is 31.1 Å². The molecule has 0 aromatic heterocycles. The first-order valence-electron chi connectivity index (χ1n) is 6.43. The van der Waals surface area contributed by atoms with Crippen molar-refractivity contribution >= 4 is 17.7 Å². The van der Waals surface area contributed by atoms with Crippen molar-refractivity contribution in [3.63, 3.8) is 0 Å². The summed E-state index contributed by atoms with van der Waals surface area (Å²) >= 11 is 1.58. The Bertz CT molecular complexity index is 198. The van der Waals surface area contributed by atoms with Crippen LogP contribution in [0.1, 0.15) is 46.5 Å². The standard InChI is InChI=1S/C13H25FO2S/c1-4-12(14)7-5-6-8-17-10-13(15)16-9-11(2)3/h11-12H,4-10H2,1-3H3. The predicted octanol–water partition coefficient (Wildman–Crippen LogP) is 3.84. The van der Waals surface area contributed by atoms with Crippen molar-refractivity contribution in [3.05, 3.63) is 0 Å². The minimum Gasteiger partial charge on any atom is -0.465 e. The molecule has 0 radical (unpaired) electrons. The minimum atomic E-state index is -0.656. The highest BCUT2D eigenvalue weighted by molar-refractivity contribution is 7.99. The van der Waals surface area contributed by atoms with Gasteiger partial charge in [0.25, 0.3) is 0 Å². The van der Waals surface area contributed by atoms with Gasteiger partial charge in [-0.25, -0.2) is 4.39 Å². The Morgan fingerprint density at radius 3 is 2.65 bits per heavy atom. The first-order chi connectivity index (χ1) is 8.06. The fourth-order valence-electron chi connectivity index (χ4n) is 1.23. The molecule has 0 aromatic carbocycles. The number of carbonyl (C=O) groups is 1. The molecule has 0 heterocycles. The van der Waals surface area contributed by atoms with Gasteiger partial charge in [0, 0.05) is 0 Å². The van der Waals surface area contributed by atoms with E-state index in [1.54, 1.807) is 11.8 Å². The number of unbranched alkanes of at least 4 members (excludes halogenated alkanes) is 1. The maximum Gasteiger partial charge on any atom is 0.315 e. The molecule has 102 valence electrons. The predicted molar refractivity (Wildman–Crippen MR) is 72.2 cm³/mol. The molecule has 0 aliphatic rings. The van der Waals surface area contributed by atoms with Crippen molar-refractivity contribution in [3.8, 4) is 0 Å². The van der Waals surface area contributed by atoms with Gasteiger partial charge in [0.2, 0.25) is 0 Å². The first kappa shape index (κ1) is 16.8. The van der Waals surface area contributed by atoms with Crippen LogP contribution in [0.5, 0.6) is 0 Å². The van der Waals surface area contributed by atoms with E-state index in [-0.39, 0.29) is 5.97 Å². The van der Waals surface area contributed by atoms with Crippen LogP contribution in [0.25, 0.3) is 0 Å². The number of hydrogen-bond donors (Lipinski definition) is 0. The van der Waals surface area contributed by atoms with Crippen LogP contribution in [0.4, 0.5) is 4.39 Å². The van der Waals surface area contributed by atoms with Crippen LogP contribution in [0.3, 0.4) is 0 Å². The summed E-state index contributed by atoms with van der Waals surface area (Å²) < 4.78 is 17.9. The van der Waals surface area contributed by atoms with E-state index in [0.717, 1.165) is 18.6 Å². The number of ether oxygens (including phenoxy) is 1. The highest BCUT2D eigenvalue weighted by Crippen LogP contribution is 2.11. The Balaban J connectivity index is 3.25. The van der Waals surface area contributed by atoms with Crippen LogP contribution in [0, 0.1) is 5.92 Å². The highest BCUT2D eigenvalue weighted by atomic mass is 32.2. The van der Waals surface area contributed by atoms with Crippen molar-refractivity contribution < 1.29 is 13.9 Å². The van der Waals surface area contributed by atoms with Gasteiger partial charge in [-0.1, -0.05) is 20.8 Å². The lowest BCUT2D eigenvalue weighted by Gasteiger charge is -2.07. The molecular weight excluding hydrogens is 239 g/mol. The Hall–Kier alpha value is -0.250. The van der Waals surface area contributed by atoms with Gasteiger partial charge in [0.1, 0.15) is 0 Å². The van der Waals surface area contributed by atoms with Crippen molar-refractivity contribution in [2.75, 3.05) is 18.1 Å². The summed E-state index contributed by atoms with van der Waals surface area (Å²) in [5, 5.41) is 0. The Kier molecular flexibility index (Phi) is 10.7. The monoisotopic (exact) mass is 264 g/mol. The molecular formula is C13H25FO2S. The van der Waals surface area contributed by atoms with Crippen molar-refractivity contribution in [1.82, 2.24) is 0 Å². The average molecular weight is 264 g/mol. The second-order valence-corrected chi connectivity index (χ2v) is 5.74. The molecule has 0 bridgehead atoms. The number of alkyl halides is 1. The number of hydrogen-bond acceptors (Lipinski definition) is 3. The Morgan fingerprint density at radius 1 is 1.35 bits per heavy atom. The summed E-state index contributed by atoms with van der Waals surface area (Å²) in [4.78, 5) is 11.2. The van der Waals surface area contributed by atoms with Crippen molar-refractivity contribution in [2.45, 2.75) is 52.6 Å². The molecule has 0 saturated carbocycles. The number of rotatable bonds is 10. The third-order valence-corrected chi connectivity index (χ3v) is 3.31. The van der Waals surface area contributed by atoms with Crippen LogP contribution < -0.4 is 0 Å². The summed E-state index contributed by atoms with van der Waals surface area (Å²) in [6.07, 6.45) is 2.48. The van der Waals surface area contributed by atoms with E-state index in [4.69, 9.17) is 4.74 Å². The minimum absolute atomic E-state index is 0.138. The lowest BCUT2D eigenvalue weighted by molar-refractivity contribution is -0.141. The van der Waals surface area contributed by atoms with Gasteiger partial charge in [0.05, 0.1) is 18.5 Å². The Labute approximate surface area is 109 Å².